The first kappa shape index (κ1) is 12.0. The van der Waals surface area contributed by atoms with Gasteiger partial charge >= 0.3 is 0 Å². The summed E-state index contributed by atoms with van der Waals surface area (Å²) in [6.07, 6.45) is 8.95. The summed E-state index contributed by atoms with van der Waals surface area (Å²) in [7, 11) is 0. The third kappa shape index (κ3) is 2.23. The number of aryl methyl sites for hydroxylation is 1. The van der Waals surface area contributed by atoms with Crippen LogP contribution in [0.25, 0.3) is 0 Å². The number of nitrogens with one attached hydrogen (secondary N) is 1. The highest BCUT2D eigenvalue weighted by Gasteiger charge is 2.50. The van der Waals surface area contributed by atoms with Crippen molar-refractivity contribution < 1.29 is 0 Å². The summed E-state index contributed by atoms with van der Waals surface area (Å²) in [5, 5.41) is 3.96. The first-order valence-electron chi connectivity index (χ1n) is 8.01. The van der Waals surface area contributed by atoms with Gasteiger partial charge in [0.05, 0.1) is 0 Å². The average molecular weight is 255 g/mol. The zero-order chi connectivity index (χ0) is 12.9. The number of rotatable bonds is 3. The van der Waals surface area contributed by atoms with Gasteiger partial charge in [-0.3, -0.25) is 0 Å². The minimum atomic E-state index is 0.500. The highest BCUT2D eigenvalue weighted by atomic mass is 15.0. The molecule has 0 atom stereocenters. The summed E-state index contributed by atoms with van der Waals surface area (Å²) in [4.78, 5) is 0. The fourth-order valence-corrected chi connectivity index (χ4v) is 5.32. The molecular formula is C18H25N. The van der Waals surface area contributed by atoms with Gasteiger partial charge in [0.25, 0.3) is 0 Å². The van der Waals surface area contributed by atoms with E-state index in [1.165, 1.54) is 49.7 Å². The predicted octanol–water partition coefficient (Wildman–Crippen LogP) is 4.05. The molecule has 0 radical (unpaired) electrons. The van der Waals surface area contributed by atoms with Gasteiger partial charge in [-0.2, -0.15) is 0 Å². The first-order chi connectivity index (χ1) is 9.21. The fraction of sp³-hybridized carbons (Fsp3) is 0.667. The maximum atomic E-state index is 3.96. The van der Waals surface area contributed by atoms with Gasteiger partial charge < -0.3 is 5.32 Å². The lowest BCUT2D eigenvalue weighted by molar-refractivity contribution is -0.0206. The Labute approximate surface area is 116 Å². The Hall–Kier alpha value is -0.820. The highest BCUT2D eigenvalue weighted by Crippen LogP contribution is 2.55. The maximum absolute atomic E-state index is 3.96. The molecular weight excluding hydrogens is 230 g/mol. The summed E-state index contributed by atoms with van der Waals surface area (Å²) in [5.41, 5.74) is 3.31. The molecule has 4 aliphatic rings. The minimum Gasteiger partial charge on any atom is -0.307 e. The average Bonchev–Trinajstić information content (AvgIpc) is 2.36. The van der Waals surface area contributed by atoms with Crippen molar-refractivity contribution in [3.8, 4) is 0 Å². The Morgan fingerprint density at radius 2 is 1.47 bits per heavy atom. The molecule has 1 N–H and O–H groups in total. The van der Waals surface area contributed by atoms with Crippen LogP contribution in [-0.2, 0) is 6.54 Å². The van der Waals surface area contributed by atoms with E-state index >= 15 is 0 Å². The topological polar surface area (TPSA) is 12.0 Å². The maximum Gasteiger partial charge on any atom is 0.0210 e. The molecule has 0 aliphatic heterocycles. The van der Waals surface area contributed by atoms with Gasteiger partial charge in [0.15, 0.2) is 0 Å². The van der Waals surface area contributed by atoms with Crippen LogP contribution in [0.4, 0.5) is 0 Å². The zero-order valence-corrected chi connectivity index (χ0v) is 12.0. The van der Waals surface area contributed by atoms with Crippen LogP contribution in [0.5, 0.6) is 0 Å². The van der Waals surface area contributed by atoms with Crippen molar-refractivity contribution in [1.82, 2.24) is 5.32 Å². The highest BCUT2D eigenvalue weighted by molar-refractivity contribution is 5.21. The van der Waals surface area contributed by atoms with Crippen molar-refractivity contribution in [2.45, 2.75) is 57.5 Å². The normalized spacial score (nSPS) is 39.7. The van der Waals surface area contributed by atoms with Crippen LogP contribution >= 0.6 is 0 Å². The molecule has 1 nitrogen and oxygen atoms in total. The van der Waals surface area contributed by atoms with E-state index in [4.69, 9.17) is 0 Å². The van der Waals surface area contributed by atoms with Crippen molar-refractivity contribution in [1.29, 1.82) is 0 Å². The lowest BCUT2D eigenvalue weighted by Gasteiger charge is -2.57. The number of hydrogen-bond acceptors (Lipinski definition) is 1. The summed E-state index contributed by atoms with van der Waals surface area (Å²) in [6, 6.07) is 9.03. The van der Waals surface area contributed by atoms with Gasteiger partial charge in [-0.1, -0.05) is 29.8 Å². The van der Waals surface area contributed by atoms with Gasteiger partial charge in [-0.15, -0.1) is 0 Å². The standard InChI is InChI=1S/C18H25N/c1-13-2-4-14(5-3-13)12-19-18-9-15-6-16(10-18)8-17(7-15)11-18/h2-5,15-17,19H,6-12H2,1H3. The van der Waals surface area contributed by atoms with E-state index < -0.39 is 0 Å². The van der Waals surface area contributed by atoms with Crippen LogP contribution in [-0.4, -0.2) is 5.54 Å². The molecule has 5 rings (SSSR count). The van der Waals surface area contributed by atoms with Crippen molar-refractivity contribution in [2.75, 3.05) is 0 Å². The van der Waals surface area contributed by atoms with Crippen LogP contribution in [0.3, 0.4) is 0 Å². The third-order valence-electron chi connectivity index (χ3n) is 5.83. The third-order valence-corrected chi connectivity index (χ3v) is 5.83. The molecule has 19 heavy (non-hydrogen) atoms. The summed E-state index contributed by atoms with van der Waals surface area (Å²) in [5.74, 6) is 3.12. The van der Waals surface area contributed by atoms with E-state index in [1.807, 2.05) is 0 Å². The molecule has 4 bridgehead atoms. The van der Waals surface area contributed by atoms with Gasteiger partial charge in [0.2, 0.25) is 0 Å². The zero-order valence-electron chi connectivity index (χ0n) is 12.0. The lowest BCUT2D eigenvalue weighted by atomic mass is 9.53. The lowest BCUT2D eigenvalue weighted by Crippen LogP contribution is -2.58. The first-order valence-corrected chi connectivity index (χ1v) is 8.01. The second kappa shape index (κ2) is 4.34. The van der Waals surface area contributed by atoms with E-state index in [1.54, 1.807) is 0 Å². The van der Waals surface area contributed by atoms with E-state index in [2.05, 4.69) is 36.5 Å². The molecule has 4 aliphatic carbocycles. The molecule has 0 unspecified atom stereocenters. The Kier molecular flexibility index (Phi) is 2.73. The Morgan fingerprint density at radius 3 is 2.00 bits per heavy atom. The van der Waals surface area contributed by atoms with Crippen LogP contribution in [0.1, 0.15) is 49.7 Å². The summed E-state index contributed by atoms with van der Waals surface area (Å²) in [6.45, 7) is 3.22. The molecule has 4 saturated carbocycles. The number of hydrogen-bond donors (Lipinski definition) is 1. The van der Waals surface area contributed by atoms with E-state index in [9.17, 15) is 0 Å². The van der Waals surface area contributed by atoms with E-state index in [0.29, 0.717) is 5.54 Å². The van der Waals surface area contributed by atoms with Gasteiger partial charge in [0, 0.05) is 12.1 Å². The predicted molar refractivity (Wildman–Crippen MR) is 78.9 cm³/mol. The Morgan fingerprint density at radius 1 is 0.947 bits per heavy atom. The quantitative estimate of drug-likeness (QED) is 0.859. The van der Waals surface area contributed by atoms with E-state index in [-0.39, 0.29) is 0 Å². The molecule has 0 heterocycles. The van der Waals surface area contributed by atoms with Crippen LogP contribution in [0.15, 0.2) is 24.3 Å². The smallest absolute Gasteiger partial charge is 0.0210 e. The molecule has 102 valence electrons. The van der Waals surface area contributed by atoms with Crippen molar-refractivity contribution in [2.24, 2.45) is 17.8 Å². The largest absolute Gasteiger partial charge is 0.307 e. The Balaban J connectivity index is 1.46. The van der Waals surface area contributed by atoms with E-state index in [0.717, 1.165) is 24.3 Å². The SMILES string of the molecule is Cc1ccc(CNC23CC4CC(CC(C4)C2)C3)cc1. The van der Waals surface area contributed by atoms with Gasteiger partial charge in [-0.05, 0) is 68.8 Å². The summed E-state index contributed by atoms with van der Waals surface area (Å²) >= 11 is 0. The monoisotopic (exact) mass is 255 g/mol. The second-order valence-electron chi connectivity index (χ2n) is 7.54. The van der Waals surface area contributed by atoms with Gasteiger partial charge in [-0.25, -0.2) is 0 Å². The molecule has 1 aromatic carbocycles. The van der Waals surface area contributed by atoms with Crippen molar-refractivity contribution in [3.05, 3.63) is 35.4 Å². The minimum absolute atomic E-state index is 0.500. The molecule has 1 aromatic rings. The van der Waals surface area contributed by atoms with Crippen LogP contribution < -0.4 is 5.32 Å². The molecule has 0 aromatic heterocycles. The molecule has 0 saturated heterocycles. The molecule has 4 fully saturated rings. The van der Waals surface area contributed by atoms with Crippen LogP contribution in [0.2, 0.25) is 0 Å². The fourth-order valence-electron chi connectivity index (χ4n) is 5.32. The van der Waals surface area contributed by atoms with Crippen LogP contribution in [0, 0.1) is 24.7 Å². The van der Waals surface area contributed by atoms with Crippen molar-refractivity contribution in [3.63, 3.8) is 0 Å². The van der Waals surface area contributed by atoms with Gasteiger partial charge in [0.1, 0.15) is 0 Å². The van der Waals surface area contributed by atoms with Crippen molar-refractivity contribution >= 4 is 0 Å². The molecule has 0 amide bonds. The molecule has 0 spiro atoms. The molecule has 1 heteroatoms. The number of benzene rings is 1. The Bertz CT molecular complexity index is 424. The second-order valence-corrected chi connectivity index (χ2v) is 7.54. The summed E-state index contributed by atoms with van der Waals surface area (Å²) < 4.78 is 0.